The van der Waals surface area contributed by atoms with Crippen molar-refractivity contribution < 1.29 is 9.13 Å². The van der Waals surface area contributed by atoms with Crippen LogP contribution >= 0.6 is 0 Å². The van der Waals surface area contributed by atoms with E-state index < -0.39 is 0 Å². The van der Waals surface area contributed by atoms with E-state index in [0.717, 1.165) is 37.5 Å². The minimum Gasteiger partial charge on any atom is -0.494 e. The van der Waals surface area contributed by atoms with Crippen LogP contribution in [0.1, 0.15) is 18.5 Å². The van der Waals surface area contributed by atoms with Crippen LogP contribution in [-0.4, -0.2) is 44.4 Å². The molecule has 0 amide bonds. The van der Waals surface area contributed by atoms with Crippen LogP contribution in [0.4, 0.5) is 4.39 Å². The lowest BCUT2D eigenvalue weighted by Crippen LogP contribution is -2.45. The van der Waals surface area contributed by atoms with Crippen molar-refractivity contribution in [2.75, 3.05) is 39.5 Å². The van der Waals surface area contributed by atoms with E-state index in [2.05, 4.69) is 10.2 Å². The second-order valence-corrected chi connectivity index (χ2v) is 4.46. The van der Waals surface area contributed by atoms with Gasteiger partial charge in [-0.25, -0.2) is 4.39 Å². The Bertz CT molecular complexity index is 349. The van der Waals surface area contributed by atoms with E-state index in [1.54, 1.807) is 0 Å². The van der Waals surface area contributed by atoms with Gasteiger partial charge in [0, 0.05) is 26.2 Å². The van der Waals surface area contributed by atoms with Crippen LogP contribution in [0.2, 0.25) is 0 Å². The molecular weight excluding hydrogens is 231 g/mol. The number of piperazine rings is 1. The molecule has 1 saturated heterocycles. The molecular formula is C14H21FN2O. The fraction of sp³-hybridized carbons (Fsp3) is 0.571. The van der Waals surface area contributed by atoms with Crippen molar-refractivity contribution in [1.29, 1.82) is 0 Å². The predicted octanol–water partition coefficient (Wildman–Crippen LogP) is 2.00. The summed E-state index contributed by atoms with van der Waals surface area (Å²) in [4.78, 5) is 2.20. The molecule has 0 radical (unpaired) electrons. The van der Waals surface area contributed by atoms with Gasteiger partial charge in [0.1, 0.15) is 12.4 Å². The van der Waals surface area contributed by atoms with Crippen LogP contribution in [-0.2, 0) is 0 Å². The maximum absolute atomic E-state index is 13.3. The molecule has 4 heteroatoms. The van der Waals surface area contributed by atoms with Gasteiger partial charge in [-0.15, -0.1) is 0 Å². The van der Waals surface area contributed by atoms with Gasteiger partial charge in [0.2, 0.25) is 0 Å². The van der Waals surface area contributed by atoms with E-state index in [4.69, 9.17) is 4.74 Å². The highest BCUT2D eigenvalue weighted by Gasteiger charge is 2.21. The van der Waals surface area contributed by atoms with E-state index in [1.165, 1.54) is 0 Å². The van der Waals surface area contributed by atoms with Crippen molar-refractivity contribution in [1.82, 2.24) is 10.2 Å². The lowest BCUT2D eigenvalue weighted by Gasteiger charge is -2.33. The van der Waals surface area contributed by atoms with Crippen molar-refractivity contribution in [2.24, 2.45) is 0 Å². The Morgan fingerprint density at radius 3 is 2.50 bits per heavy atom. The first-order chi connectivity index (χ1) is 8.85. The molecule has 1 heterocycles. The first kappa shape index (κ1) is 13.3. The molecule has 1 atom stereocenters. The molecule has 1 N–H and O–H groups in total. The van der Waals surface area contributed by atoms with Crippen molar-refractivity contribution in [3.05, 3.63) is 29.8 Å². The minimum atomic E-state index is -0.339. The van der Waals surface area contributed by atoms with Crippen LogP contribution in [0.3, 0.4) is 0 Å². The summed E-state index contributed by atoms with van der Waals surface area (Å²) in [5.41, 5.74) is 1.03. The average Bonchev–Trinajstić information content (AvgIpc) is 2.43. The van der Waals surface area contributed by atoms with Crippen molar-refractivity contribution in [2.45, 2.75) is 13.0 Å². The third-order valence-corrected chi connectivity index (χ3v) is 3.31. The van der Waals surface area contributed by atoms with E-state index in [0.29, 0.717) is 6.61 Å². The lowest BCUT2D eigenvalue weighted by atomic mass is 10.1. The number of hydrogen-bond donors (Lipinski definition) is 1. The number of benzene rings is 1. The molecule has 1 aromatic rings. The molecule has 1 aliphatic rings. The summed E-state index contributed by atoms with van der Waals surface area (Å²) in [6.07, 6.45) is 0. The maximum Gasteiger partial charge on any atom is 0.119 e. The molecule has 2 rings (SSSR count). The van der Waals surface area contributed by atoms with E-state index >= 15 is 0 Å². The van der Waals surface area contributed by atoms with Gasteiger partial charge >= 0.3 is 0 Å². The monoisotopic (exact) mass is 252 g/mol. The summed E-state index contributed by atoms with van der Waals surface area (Å²) in [5, 5.41) is 3.29. The van der Waals surface area contributed by atoms with Crippen LogP contribution in [0.25, 0.3) is 0 Å². The Morgan fingerprint density at radius 2 is 1.94 bits per heavy atom. The molecule has 1 aliphatic heterocycles. The summed E-state index contributed by atoms with van der Waals surface area (Å²) in [5.74, 6) is 0.846. The van der Waals surface area contributed by atoms with Gasteiger partial charge in [0.15, 0.2) is 0 Å². The van der Waals surface area contributed by atoms with Gasteiger partial charge in [0.25, 0.3) is 0 Å². The van der Waals surface area contributed by atoms with Crippen LogP contribution in [0.5, 0.6) is 5.75 Å². The highest BCUT2D eigenvalue weighted by atomic mass is 19.1. The number of nitrogens with zero attached hydrogens (tertiary/aromatic N) is 1. The summed E-state index contributed by atoms with van der Waals surface area (Å²) in [6.45, 7) is 5.96. The zero-order valence-electron chi connectivity index (χ0n) is 10.9. The van der Waals surface area contributed by atoms with E-state index in [-0.39, 0.29) is 12.7 Å². The SMILES string of the molecule is CCOc1ccc([C@@H](CF)N2CCNCC2)cc1. The van der Waals surface area contributed by atoms with Crippen molar-refractivity contribution in [3.63, 3.8) is 0 Å². The third-order valence-electron chi connectivity index (χ3n) is 3.31. The Labute approximate surface area is 108 Å². The van der Waals surface area contributed by atoms with E-state index in [1.807, 2.05) is 31.2 Å². The Kier molecular flexibility index (Phi) is 4.96. The third kappa shape index (κ3) is 3.21. The normalized spacial score (nSPS) is 18.6. The number of halogens is 1. The number of nitrogens with one attached hydrogen (secondary N) is 1. The van der Waals surface area contributed by atoms with Crippen LogP contribution in [0, 0.1) is 0 Å². The second-order valence-electron chi connectivity index (χ2n) is 4.46. The number of ether oxygens (including phenoxy) is 1. The van der Waals surface area contributed by atoms with Gasteiger partial charge in [-0.05, 0) is 24.6 Å². The van der Waals surface area contributed by atoms with Gasteiger partial charge in [0.05, 0.1) is 12.6 Å². The fourth-order valence-electron chi connectivity index (χ4n) is 2.34. The predicted molar refractivity (Wildman–Crippen MR) is 70.8 cm³/mol. The highest BCUT2D eigenvalue weighted by Crippen LogP contribution is 2.24. The molecule has 1 fully saturated rings. The first-order valence-corrected chi connectivity index (χ1v) is 6.58. The molecule has 0 aliphatic carbocycles. The molecule has 1 aromatic carbocycles. The summed E-state index contributed by atoms with van der Waals surface area (Å²) < 4.78 is 18.7. The van der Waals surface area contributed by atoms with Crippen molar-refractivity contribution >= 4 is 0 Å². The average molecular weight is 252 g/mol. The lowest BCUT2D eigenvalue weighted by molar-refractivity contribution is 0.147. The molecule has 18 heavy (non-hydrogen) atoms. The summed E-state index contributed by atoms with van der Waals surface area (Å²) in [7, 11) is 0. The summed E-state index contributed by atoms with van der Waals surface area (Å²) in [6, 6.07) is 7.66. The molecule has 3 nitrogen and oxygen atoms in total. The van der Waals surface area contributed by atoms with Gasteiger partial charge in [-0.2, -0.15) is 0 Å². The van der Waals surface area contributed by atoms with Gasteiger partial charge < -0.3 is 10.1 Å². The van der Waals surface area contributed by atoms with Crippen molar-refractivity contribution in [3.8, 4) is 5.75 Å². The largest absolute Gasteiger partial charge is 0.494 e. The smallest absolute Gasteiger partial charge is 0.119 e. The molecule has 0 spiro atoms. The highest BCUT2D eigenvalue weighted by molar-refractivity contribution is 5.29. The second kappa shape index (κ2) is 6.71. The first-order valence-electron chi connectivity index (χ1n) is 6.58. The molecule has 0 unspecified atom stereocenters. The number of hydrogen-bond acceptors (Lipinski definition) is 3. The quantitative estimate of drug-likeness (QED) is 0.867. The van der Waals surface area contributed by atoms with Crippen LogP contribution in [0.15, 0.2) is 24.3 Å². The Morgan fingerprint density at radius 1 is 1.28 bits per heavy atom. The Hall–Kier alpha value is -1.13. The topological polar surface area (TPSA) is 24.5 Å². The standard InChI is InChI=1S/C14H21FN2O/c1-2-18-13-5-3-12(4-6-13)14(11-15)17-9-7-16-8-10-17/h3-6,14,16H,2,7-11H2,1H3/t14-/m1/s1. The number of rotatable bonds is 5. The Balaban J connectivity index is 2.06. The fourth-order valence-corrected chi connectivity index (χ4v) is 2.34. The zero-order chi connectivity index (χ0) is 12.8. The number of alkyl halides is 1. The van der Waals surface area contributed by atoms with E-state index in [9.17, 15) is 4.39 Å². The summed E-state index contributed by atoms with van der Waals surface area (Å²) >= 11 is 0. The zero-order valence-corrected chi connectivity index (χ0v) is 10.9. The molecule has 0 bridgehead atoms. The van der Waals surface area contributed by atoms with Gasteiger partial charge in [-0.3, -0.25) is 4.90 Å². The molecule has 0 aromatic heterocycles. The maximum atomic E-state index is 13.3. The van der Waals surface area contributed by atoms with Crippen LogP contribution < -0.4 is 10.1 Å². The van der Waals surface area contributed by atoms with Gasteiger partial charge in [-0.1, -0.05) is 12.1 Å². The molecule has 100 valence electrons. The minimum absolute atomic E-state index is 0.122. The molecule has 0 saturated carbocycles.